The first-order chi connectivity index (χ1) is 6.67. The minimum absolute atomic E-state index is 0.816. The highest BCUT2D eigenvalue weighted by molar-refractivity contribution is 5.51. The van der Waals surface area contributed by atoms with Gasteiger partial charge in [-0.15, -0.1) is 0 Å². The van der Waals surface area contributed by atoms with Crippen LogP contribution in [0.3, 0.4) is 0 Å². The number of allylic oxidation sites excluding steroid dienone is 1. The molecule has 1 heterocycles. The molecule has 1 aromatic heterocycles. The number of hydrogen-bond donors (Lipinski definition) is 0. The molecule has 3 heteroatoms. The minimum atomic E-state index is 0.816. The van der Waals surface area contributed by atoms with Gasteiger partial charge in [0.2, 0.25) is 0 Å². The summed E-state index contributed by atoms with van der Waals surface area (Å²) in [5.74, 6) is 1.80. The summed E-state index contributed by atoms with van der Waals surface area (Å²) in [6.07, 6.45) is 3.97. The molecule has 0 saturated heterocycles. The quantitative estimate of drug-likeness (QED) is 0.734. The van der Waals surface area contributed by atoms with E-state index in [1.807, 2.05) is 39.1 Å². The number of hydrogen-bond acceptors (Lipinski definition) is 3. The Balaban J connectivity index is 3.06. The van der Waals surface area contributed by atoms with E-state index < -0.39 is 0 Å². The number of rotatable bonds is 3. The van der Waals surface area contributed by atoms with E-state index in [0.29, 0.717) is 0 Å². The van der Waals surface area contributed by atoms with E-state index >= 15 is 0 Å². The van der Waals surface area contributed by atoms with Crippen LogP contribution < -0.4 is 4.90 Å². The predicted molar refractivity (Wildman–Crippen MR) is 60.4 cm³/mol. The highest BCUT2D eigenvalue weighted by atomic mass is 15.2. The molecule has 14 heavy (non-hydrogen) atoms. The largest absolute Gasteiger partial charge is 0.360 e. The topological polar surface area (TPSA) is 29.0 Å². The molecule has 0 N–H and O–H groups in total. The first-order valence-electron chi connectivity index (χ1n) is 4.87. The summed E-state index contributed by atoms with van der Waals surface area (Å²) in [5.41, 5.74) is 0.968. The summed E-state index contributed by atoms with van der Waals surface area (Å²) >= 11 is 0. The highest BCUT2D eigenvalue weighted by Gasteiger charge is 2.02. The monoisotopic (exact) mass is 191 g/mol. The first-order valence-corrected chi connectivity index (χ1v) is 4.87. The Kier molecular flexibility index (Phi) is 3.63. The maximum atomic E-state index is 4.37. The third-order valence-corrected chi connectivity index (χ3v) is 2.05. The Morgan fingerprint density at radius 1 is 1.43 bits per heavy atom. The fraction of sp³-hybridized carbons (Fsp3) is 0.455. The van der Waals surface area contributed by atoms with E-state index in [9.17, 15) is 0 Å². The zero-order valence-corrected chi connectivity index (χ0v) is 9.28. The first kappa shape index (κ1) is 10.7. The lowest BCUT2D eigenvalue weighted by molar-refractivity contribution is 0.909. The van der Waals surface area contributed by atoms with Crippen molar-refractivity contribution in [2.45, 2.75) is 20.8 Å². The Labute approximate surface area is 85.5 Å². The lowest BCUT2D eigenvalue weighted by atomic mass is 10.3. The van der Waals surface area contributed by atoms with Gasteiger partial charge in [0.25, 0.3) is 0 Å². The van der Waals surface area contributed by atoms with Crippen molar-refractivity contribution in [2.75, 3.05) is 18.5 Å². The third-order valence-electron chi connectivity index (χ3n) is 2.05. The van der Waals surface area contributed by atoms with E-state index in [0.717, 1.165) is 23.9 Å². The van der Waals surface area contributed by atoms with E-state index in [2.05, 4.69) is 21.8 Å². The van der Waals surface area contributed by atoms with Crippen LogP contribution in [0.4, 0.5) is 5.82 Å². The summed E-state index contributed by atoms with van der Waals surface area (Å²) < 4.78 is 0. The maximum Gasteiger partial charge on any atom is 0.132 e. The Hall–Kier alpha value is -1.38. The van der Waals surface area contributed by atoms with Gasteiger partial charge in [-0.3, -0.25) is 0 Å². The molecule has 0 bridgehead atoms. The van der Waals surface area contributed by atoms with Crippen molar-refractivity contribution in [2.24, 2.45) is 0 Å². The van der Waals surface area contributed by atoms with Crippen LogP contribution in [-0.2, 0) is 0 Å². The zero-order chi connectivity index (χ0) is 10.6. The van der Waals surface area contributed by atoms with Gasteiger partial charge in [0, 0.05) is 19.7 Å². The highest BCUT2D eigenvalue weighted by Crippen LogP contribution is 2.11. The van der Waals surface area contributed by atoms with E-state index in [4.69, 9.17) is 0 Å². The molecule has 0 aliphatic heterocycles. The fourth-order valence-electron chi connectivity index (χ4n) is 1.19. The summed E-state index contributed by atoms with van der Waals surface area (Å²) in [7, 11) is 2.03. The van der Waals surface area contributed by atoms with E-state index in [-0.39, 0.29) is 0 Å². The van der Waals surface area contributed by atoms with Gasteiger partial charge >= 0.3 is 0 Å². The molecule has 3 nitrogen and oxygen atoms in total. The van der Waals surface area contributed by atoms with Crippen molar-refractivity contribution in [3.63, 3.8) is 0 Å². The second-order valence-corrected chi connectivity index (χ2v) is 3.21. The zero-order valence-electron chi connectivity index (χ0n) is 9.28. The molecular weight excluding hydrogens is 174 g/mol. The molecule has 1 aromatic rings. The third kappa shape index (κ3) is 2.55. The molecule has 0 fully saturated rings. The van der Waals surface area contributed by atoms with Crippen LogP contribution in [0.15, 0.2) is 12.1 Å². The number of anilines is 1. The molecule has 76 valence electrons. The normalized spacial score (nSPS) is 10.9. The van der Waals surface area contributed by atoms with Gasteiger partial charge < -0.3 is 4.90 Å². The Bertz CT molecular complexity index is 331. The van der Waals surface area contributed by atoms with Gasteiger partial charge in [0.1, 0.15) is 11.6 Å². The minimum Gasteiger partial charge on any atom is -0.360 e. The summed E-state index contributed by atoms with van der Waals surface area (Å²) in [5, 5.41) is 0. The molecule has 0 radical (unpaired) electrons. The van der Waals surface area contributed by atoms with Gasteiger partial charge in [-0.25, -0.2) is 9.97 Å². The lowest BCUT2D eigenvalue weighted by Gasteiger charge is -2.15. The summed E-state index contributed by atoms with van der Waals surface area (Å²) in [6, 6.07) is 2.00. The molecule has 0 aromatic carbocycles. The van der Waals surface area contributed by atoms with Gasteiger partial charge in [0.05, 0.1) is 5.69 Å². The Morgan fingerprint density at radius 3 is 2.71 bits per heavy atom. The van der Waals surface area contributed by atoms with Crippen LogP contribution in [0.5, 0.6) is 0 Å². The van der Waals surface area contributed by atoms with Crippen LogP contribution >= 0.6 is 0 Å². The number of aromatic nitrogens is 2. The summed E-state index contributed by atoms with van der Waals surface area (Å²) in [6.45, 7) is 6.96. The van der Waals surface area contributed by atoms with Crippen molar-refractivity contribution >= 4 is 11.9 Å². The molecule has 0 spiro atoms. The second kappa shape index (κ2) is 4.74. The maximum absolute atomic E-state index is 4.37. The standard InChI is InChI=1S/C11H17N3/c1-5-7-10-8-11(14(4)6-2)13-9(3)12-10/h5,7-8H,6H2,1-4H3/b7-5+. The molecular formula is C11H17N3. The SMILES string of the molecule is C/C=C/c1cc(N(C)CC)nc(C)n1. The van der Waals surface area contributed by atoms with Crippen molar-refractivity contribution in [3.05, 3.63) is 23.7 Å². The van der Waals surface area contributed by atoms with Crippen molar-refractivity contribution < 1.29 is 0 Å². The van der Waals surface area contributed by atoms with E-state index in [1.54, 1.807) is 0 Å². The summed E-state index contributed by atoms with van der Waals surface area (Å²) in [4.78, 5) is 10.8. The molecule has 0 aliphatic rings. The van der Waals surface area contributed by atoms with Crippen molar-refractivity contribution in [1.29, 1.82) is 0 Å². The predicted octanol–water partition coefficient (Wildman–Crippen LogP) is 2.27. The number of aryl methyl sites for hydroxylation is 1. The van der Waals surface area contributed by atoms with Crippen LogP contribution in [0.1, 0.15) is 25.4 Å². The lowest BCUT2D eigenvalue weighted by Crippen LogP contribution is -2.18. The van der Waals surface area contributed by atoms with Crippen LogP contribution in [0, 0.1) is 6.92 Å². The Morgan fingerprint density at radius 2 is 2.14 bits per heavy atom. The van der Waals surface area contributed by atoms with Crippen LogP contribution in [0.2, 0.25) is 0 Å². The van der Waals surface area contributed by atoms with Crippen molar-refractivity contribution in [3.8, 4) is 0 Å². The van der Waals surface area contributed by atoms with E-state index in [1.165, 1.54) is 0 Å². The second-order valence-electron chi connectivity index (χ2n) is 3.21. The average molecular weight is 191 g/mol. The molecule has 0 saturated carbocycles. The van der Waals surface area contributed by atoms with Crippen molar-refractivity contribution in [1.82, 2.24) is 9.97 Å². The van der Waals surface area contributed by atoms with Crippen LogP contribution in [0.25, 0.3) is 6.08 Å². The molecule has 0 atom stereocenters. The van der Waals surface area contributed by atoms with Gasteiger partial charge in [-0.2, -0.15) is 0 Å². The smallest absolute Gasteiger partial charge is 0.132 e. The van der Waals surface area contributed by atoms with Gasteiger partial charge in [-0.05, 0) is 26.8 Å². The van der Waals surface area contributed by atoms with Crippen LogP contribution in [-0.4, -0.2) is 23.6 Å². The number of nitrogens with zero attached hydrogens (tertiary/aromatic N) is 3. The fourth-order valence-corrected chi connectivity index (χ4v) is 1.19. The molecule has 0 amide bonds. The molecule has 0 aliphatic carbocycles. The van der Waals surface area contributed by atoms with Gasteiger partial charge in [0.15, 0.2) is 0 Å². The average Bonchev–Trinajstić information content (AvgIpc) is 2.16. The molecule has 0 unspecified atom stereocenters. The molecule has 1 rings (SSSR count). The van der Waals surface area contributed by atoms with Gasteiger partial charge in [-0.1, -0.05) is 6.08 Å².